The molecule has 76 valence electrons. The summed E-state index contributed by atoms with van der Waals surface area (Å²) in [5.41, 5.74) is 6.32. The molecule has 2 fully saturated rings. The molecule has 0 heterocycles. The molecular weight excluding hydrogens is 160 g/mol. The average Bonchev–Trinajstić information content (AvgIpc) is 2.62. The fourth-order valence-electron chi connectivity index (χ4n) is 3.05. The van der Waals surface area contributed by atoms with E-state index in [1.807, 2.05) is 0 Å². The van der Waals surface area contributed by atoms with Crippen molar-refractivity contribution < 1.29 is 0 Å². The first-order valence-electron chi connectivity index (χ1n) is 5.73. The van der Waals surface area contributed by atoms with Gasteiger partial charge in [0.1, 0.15) is 0 Å². The van der Waals surface area contributed by atoms with Gasteiger partial charge in [0.25, 0.3) is 0 Å². The fourth-order valence-corrected chi connectivity index (χ4v) is 3.05. The lowest BCUT2D eigenvalue weighted by molar-refractivity contribution is 0.0660. The zero-order valence-corrected chi connectivity index (χ0v) is 8.68. The van der Waals surface area contributed by atoms with E-state index in [1.54, 1.807) is 0 Å². The van der Waals surface area contributed by atoms with Crippen LogP contribution in [0.3, 0.4) is 0 Å². The Balaban J connectivity index is 1.86. The molecule has 2 aliphatic carbocycles. The van der Waals surface area contributed by atoms with Crippen LogP contribution in [0, 0.1) is 5.41 Å². The molecule has 1 spiro atoms. The van der Waals surface area contributed by atoms with Crippen molar-refractivity contribution in [3.63, 3.8) is 0 Å². The molecule has 2 unspecified atom stereocenters. The van der Waals surface area contributed by atoms with Crippen LogP contribution >= 0.6 is 0 Å². The summed E-state index contributed by atoms with van der Waals surface area (Å²) in [6, 6.07) is 1.29. The third kappa shape index (κ3) is 1.62. The number of hydrogen-bond donors (Lipinski definition) is 2. The van der Waals surface area contributed by atoms with E-state index in [2.05, 4.69) is 12.2 Å². The lowest BCUT2D eigenvalue weighted by Gasteiger charge is -2.49. The third-order valence-corrected chi connectivity index (χ3v) is 4.11. The quantitative estimate of drug-likeness (QED) is 0.696. The molecule has 0 bridgehead atoms. The summed E-state index contributed by atoms with van der Waals surface area (Å²) < 4.78 is 0. The van der Waals surface area contributed by atoms with Gasteiger partial charge in [0.2, 0.25) is 0 Å². The summed E-state index contributed by atoms with van der Waals surface area (Å²) in [6.45, 7) is 2.97. The molecule has 2 saturated carbocycles. The molecule has 2 nitrogen and oxygen atoms in total. The molecular formula is C11H22N2. The SMILES string of the molecule is CC(CN)NC1CCC12CCCC2. The van der Waals surface area contributed by atoms with Gasteiger partial charge in [-0.2, -0.15) is 0 Å². The summed E-state index contributed by atoms with van der Waals surface area (Å²) >= 11 is 0. The number of nitrogens with two attached hydrogens (primary N) is 1. The zero-order chi connectivity index (χ0) is 9.31. The standard InChI is InChI=1S/C11H22N2/c1-9(8-12)13-10-4-7-11(10)5-2-3-6-11/h9-10,13H,2-8,12H2,1H3. The number of rotatable bonds is 3. The van der Waals surface area contributed by atoms with Gasteiger partial charge in [0, 0.05) is 18.6 Å². The van der Waals surface area contributed by atoms with E-state index in [9.17, 15) is 0 Å². The topological polar surface area (TPSA) is 38.0 Å². The van der Waals surface area contributed by atoms with Gasteiger partial charge < -0.3 is 11.1 Å². The Kier molecular flexibility index (Phi) is 2.61. The second kappa shape index (κ2) is 3.58. The van der Waals surface area contributed by atoms with Gasteiger partial charge in [0.05, 0.1) is 0 Å². The van der Waals surface area contributed by atoms with Crippen LogP contribution in [0.5, 0.6) is 0 Å². The van der Waals surface area contributed by atoms with E-state index < -0.39 is 0 Å². The predicted molar refractivity (Wildman–Crippen MR) is 55.6 cm³/mol. The maximum absolute atomic E-state index is 5.62. The summed E-state index contributed by atoms with van der Waals surface area (Å²) in [7, 11) is 0. The molecule has 0 amide bonds. The van der Waals surface area contributed by atoms with Crippen LogP contribution in [0.15, 0.2) is 0 Å². The molecule has 3 N–H and O–H groups in total. The van der Waals surface area contributed by atoms with Crippen LogP contribution in [0.25, 0.3) is 0 Å². The molecule has 0 aliphatic heterocycles. The second-order valence-corrected chi connectivity index (χ2v) is 4.96. The van der Waals surface area contributed by atoms with Crippen molar-refractivity contribution in [1.29, 1.82) is 0 Å². The number of hydrogen-bond acceptors (Lipinski definition) is 2. The first-order valence-corrected chi connectivity index (χ1v) is 5.73. The highest BCUT2D eigenvalue weighted by Gasteiger charge is 2.47. The van der Waals surface area contributed by atoms with Crippen molar-refractivity contribution in [2.45, 2.75) is 57.5 Å². The normalized spacial score (nSPS) is 33.2. The maximum atomic E-state index is 5.62. The summed E-state index contributed by atoms with van der Waals surface area (Å²) in [5, 5.41) is 3.67. The molecule has 2 aliphatic rings. The van der Waals surface area contributed by atoms with Crippen molar-refractivity contribution >= 4 is 0 Å². The van der Waals surface area contributed by atoms with Crippen LogP contribution in [0.4, 0.5) is 0 Å². The summed E-state index contributed by atoms with van der Waals surface area (Å²) in [4.78, 5) is 0. The van der Waals surface area contributed by atoms with Crippen molar-refractivity contribution in [3.05, 3.63) is 0 Å². The summed E-state index contributed by atoms with van der Waals surface area (Å²) in [5.74, 6) is 0. The van der Waals surface area contributed by atoms with E-state index in [0.717, 1.165) is 12.6 Å². The highest BCUT2D eigenvalue weighted by Crippen LogP contribution is 2.53. The molecule has 0 aromatic heterocycles. The minimum Gasteiger partial charge on any atom is -0.329 e. The largest absolute Gasteiger partial charge is 0.329 e. The minimum atomic E-state index is 0.503. The van der Waals surface area contributed by atoms with Crippen molar-refractivity contribution in [1.82, 2.24) is 5.32 Å². The fraction of sp³-hybridized carbons (Fsp3) is 1.00. The van der Waals surface area contributed by atoms with E-state index in [4.69, 9.17) is 5.73 Å². The van der Waals surface area contributed by atoms with Crippen LogP contribution in [0.1, 0.15) is 45.4 Å². The molecule has 2 heteroatoms. The van der Waals surface area contributed by atoms with Gasteiger partial charge in [-0.1, -0.05) is 12.8 Å². The number of nitrogens with one attached hydrogen (secondary N) is 1. The first kappa shape index (κ1) is 9.47. The highest BCUT2D eigenvalue weighted by atomic mass is 15.0. The van der Waals surface area contributed by atoms with Gasteiger partial charge in [0.15, 0.2) is 0 Å². The van der Waals surface area contributed by atoms with Crippen molar-refractivity contribution in [2.24, 2.45) is 11.1 Å². The Bertz CT molecular complexity index is 173. The maximum Gasteiger partial charge on any atom is 0.0164 e. The van der Waals surface area contributed by atoms with Crippen LogP contribution < -0.4 is 11.1 Å². The van der Waals surface area contributed by atoms with E-state index in [0.29, 0.717) is 11.5 Å². The summed E-state index contributed by atoms with van der Waals surface area (Å²) in [6.07, 6.45) is 8.67. The van der Waals surface area contributed by atoms with Crippen LogP contribution in [-0.4, -0.2) is 18.6 Å². The smallest absolute Gasteiger partial charge is 0.0164 e. The van der Waals surface area contributed by atoms with E-state index >= 15 is 0 Å². The third-order valence-electron chi connectivity index (χ3n) is 4.11. The van der Waals surface area contributed by atoms with Gasteiger partial charge >= 0.3 is 0 Å². The lowest BCUT2D eigenvalue weighted by Crippen LogP contribution is -2.55. The lowest BCUT2D eigenvalue weighted by atomic mass is 9.63. The molecule has 0 radical (unpaired) electrons. The first-order chi connectivity index (χ1) is 6.27. The van der Waals surface area contributed by atoms with Crippen molar-refractivity contribution in [3.8, 4) is 0 Å². The average molecular weight is 182 g/mol. The Morgan fingerprint density at radius 1 is 1.38 bits per heavy atom. The van der Waals surface area contributed by atoms with Gasteiger partial charge in [-0.15, -0.1) is 0 Å². The van der Waals surface area contributed by atoms with E-state index in [-0.39, 0.29) is 0 Å². The Labute approximate surface area is 81.3 Å². The Morgan fingerprint density at radius 3 is 2.54 bits per heavy atom. The molecule has 0 aromatic rings. The van der Waals surface area contributed by atoms with Gasteiger partial charge in [-0.05, 0) is 38.0 Å². The van der Waals surface area contributed by atoms with Crippen LogP contribution in [0.2, 0.25) is 0 Å². The van der Waals surface area contributed by atoms with E-state index in [1.165, 1.54) is 38.5 Å². The predicted octanol–water partition coefficient (Wildman–Crippen LogP) is 1.65. The zero-order valence-electron chi connectivity index (χ0n) is 8.68. The molecule has 0 aromatic carbocycles. The monoisotopic (exact) mass is 182 g/mol. The van der Waals surface area contributed by atoms with Crippen molar-refractivity contribution in [2.75, 3.05) is 6.54 Å². The van der Waals surface area contributed by atoms with Gasteiger partial charge in [-0.25, -0.2) is 0 Å². The highest BCUT2D eigenvalue weighted by molar-refractivity contribution is 5.03. The van der Waals surface area contributed by atoms with Crippen LogP contribution in [-0.2, 0) is 0 Å². The Morgan fingerprint density at radius 2 is 2.08 bits per heavy atom. The molecule has 0 saturated heterocycles. The molecule has 13 heavy (non-hydrogen) atoms. The molecule has 2 atom stereocenters. The minimum absolute atomic E-state index is 0.503. The van der Waals surface area contributed by atoms with Gasteiger partial charge in [-0.3, -0.25) is 0 Å². The Hall–Kier alpha value is -0.0800. The second-order valence-electron chi connectivity index (χ2n) is 4.96. The molecule has 2 rings (SSSR count).